The Morgan fingerprint density at radius 2 is 2.06 bits per heavy atom. The van der Waals surface area contributed by atoms with Crippen molar-refractivity contribution in [1.82, 2.24) is 0 Å². The number of benzene rings is 1. The minimum absolute atomic E-state index is 0.0577. The fourth-order valence-corrected chi connectivity index (χ4v) is 3.43. The highest BCUT2D eigenvalue weighted by Gasteiger charge is 2.31. The van der Waals surface area contributed by atoms with Gasteiger partial charge in [-0.05, 0) is 24.6 Å². The number of rotatable bonds is 2. The van der Waals surface area contributed by atoms with Crippen LogP contribution in [0, 0.1) is 0 Å². The van der Waals surface area contributed by atoms with E-state index in [1.165, 1.54) is 12.1 Å². The molecule has 4 N–H and O–H groups in total. The first-order valence-electron chi connectivity index (χ1n) is 5.44. The molecule has 1 aromatic rings. The molecule has 6 nitrogen and oxygen atoms in total. The minimum Gasteiger partial charge on any atom is -0.458 e. The van der Waals surface area contributed by atoms with Crippen molar-refractivity contribution >= 4 is 27.2 Å². The number of hydrogen-bond acceptors (Lipinski definition) is 6. The summed E-state index contributed by atoms with van der Waals surface area (Å²) in [5, 5.41) is 0. The Morgan fingerprint density at radius 3 is 2.61 bits per heavy atom. The quantitative estimate of drug-likeness (QED) is 0.586. The molecule has 1 fully saturated rings. The maximum absolute atomic E-state index is 11.8. The average Bonchev–Trinajstić information content (AvgIpc) is 2.57. The Morgan fingerprint density at radius 1 is 1.33 bits per heavy atom. The summed E-state index contributed by atoms with van der Waals surface area (Å²) in [6.45, 7) is 0. The van der Waals surface area contributed by atoms with Crippen LogP contribution in [0.4, 0.5) is 11.4 Å². The molecular formula is C11H14N2O4S. The minimum atomic E-state index is -3.07. The largest absolute Gasteiger partial charge is 0.458 e. The van der Waals surface area contributed by atoms with Gasteiger partial charge in [-0.25, -0.2) is 13.2 Å². The van der Waals surface area contributed by atoms with Crippen LogP contribution in [-0.4, -0.2) is 32.0 Å². The van der Waals surface area contributed by atoms with Gasteiger partial charge in [-0.1, -0.05) is 0 Å². The van der Waals surface area contributed by atoms with E-state index >= 15 is 0 Å². The van der Waals surface area contributed by atoms with Gasteiger partial charge in [-0.15, -0.1) is 0 Å². The van der Waals surface area contributed by atoms with Gasteiger partial charge < -0.3 is 16.2 Å². The van der Waals surface area contributed by atoms with Gasteiger partial charge in [0.2, 0.25) is 0 Å². The van der Waals surface area contributed by atoms with Crippen LogP contribution in [0.25, 0.3) is 0 Å². The predicted molar refractivity (Wildman–Crippen MR) is 67.7 cm³/mol. The van der Waals surface area contributed by atoms with Crippen molar-refractivity contribution in [3.05, 3.63) is 23.8 Å². The van der Waals surface area contributed by atoms with Crippen LogP contribution in [0.5, 0.6) is 0 Å². The summed E-state index contributed by atoms with van der Waals surface area (Å²) in [5.74, 6) is -0.676. The molecule has 0 aliphatic carbocycles. The van der Waals surface area contributed by atoms with E-state index in [4.69, 9.17) is 16.2 Å². The lowest BCUT2D eigenvalue weighted by Gasteiger charge is -2.11. The van der Waals surface area contributed by atoms with Crippen LogP contribution in [0.1, 0.15) is 16.8 Å². The van der Waals surface area contributed by atoms with E-state index in [1.54, 1.807) is 6.07 Å². The molecule has 0 amide bonds. The zero-order valence-corrected chi connectivity index (χ0v) is 10.4. The number of sulfone groups is 1. The molecule has 0 radical (unpaired) electrons. The molecule has 1 unspecified atom stereocenters. The first-order valence-corrected chi connectivity index (χ1v) is 7.26. The maximum Gasteiger partial charge on any atom is 0.340 e. The van der Waals surface area contributed by atoms with Crippen LogP contribution in [-0.2, 0) is 14.6 Å². The molecule has 98 valence electrons. The Kier molecular flexibility index (Phi) is 3.16. The first-order chi connectivity index (χ1) is 8.37. The Bertz CT molecular complexity index is 583. The molecule has 0 aromatic heterocycles. The third-order valence-electron chi connectivity index (χ3n) is 2.76. The zero-order valence-electron chi connectivity index (χ0n) is 9.63. The summed E-state index contributed by atoms with van der Waals surface area (Å²) in [4.78, 5) is 11.8. The summed E-state index contributed by atoms with van der Waals surface area (Å²) in [7, 11) is -3.07. The second-order valence-corrected chi connectivity index (χ2v) is 6.51. The monoisotopic (exact) mass is 270 g/mol. The van der Waals surface area contributed by atoms with Gasteiger partial charge in [0.15, 0.2) is 9.84 Å². The molecular weight excluding hydrogens is 256 g/mol. The molecule has 7 heteroatoms. The zero-order chi connectivity index (χ0) is 13.3. The van der Waals surface area contributed by atoms with Gasteiger partial charge in [0, 0.05) is 11.4 Å². The number of ether oxygens (including phenoxy) is 1. The van der Waals surface area contributed by atoms with Crippen molar-refractivity contribution < 1.29 is 17.9 Å². The number of hydrogen-bond donors (Lipinski definition) is 2. The van der Waals surface area contributed by atoms with Crippen molar-refractivity contribution in [3.8, 4) is 0 Å². The van der Waals surface area contributed by atoms with E-state index in [0.717, 1.165) is 0 Å². The van der Waals surface area contributed by atoms with E-state index in [2.05, 4.69) is 0 Å². The Balaban J connectivity index is 2.09. The van der Waals surface area contributed by atoms with Crippen molar-refractivity contribution in [2.45, 2.75) is 12.5 Å². The fraction of sp³-hybridized carbons (Fsp3) is 0.364. The molecule has 1 aliphatic heterocycles. The standard InChI is InChI=1S/C11H14N2O4S/c12-7-1-2-9(10(13)5-7)11(14)17-8-3-4-18(15,16)6-8/h1-2,5,8H,3-4,6,12-13H2. The fourth-order valence-electron chi connectivity index (χ4n) is 1.84. The molecule has 1 saturated heterocycles. The summed E-state index contributed by atoms with van der Waals surface area (Å²) in [5.41, 5.74) is 12.0. The molecule has 1 heterocycles. The molecule has 1 atom stereocenters. The molecule has 0 saturated carbocycles. The summed E-state index contributed by atoms with van der Waals surface area (Å²) >= 11 is 0. The molecule has 0 bridgehead atoms. The third kappa shape index (κ3) is 2.73. The number of carbonyl (C=O) groups excluding carboxylic acids is 1. The Labute approximate surface area is 105 Å². The summed E-state index contributed by atoms with van der Waals surface area (Å²) in [6, 6.07) is 4.47. The average molecular weight is 270 g/mol. The van der Waals surface area contributed by atoms with Gasteiger partial charge >= 0.3 is 5.97 Å². The van der Waals surface area contributed by atoms with Gasteiger partial charge in [0.25, 0.3) is 0 Å². The number of carbonyl (C=O) groups is 1. The molecule has 0 spiro atoms. The van der Waals surface area contributed by atoms with Crippen molar-refractivity contribution in [1.29, 1.82) is 0 Å². The van der Waals surface area contributed by atoms with E-state index < -0.39 is 21.9 Å². The number of esters is 1. The maximum atomic E-state index is 11.8. The van der Waals surface area contributed by atoms with Gasteiger partial charge in [-0.2, -0.15) is 0 Å². The third-order valence-corrected chi connectivity index (χ3v) is 4.50. The molecule has 1 aliphatic rings. The number of anilines is 2. The molecule has 1 aromatic carbocycles. The van der Waals surface area contributed by atoms with Gasteiger partial charge in [0.05, 0.1) is 17.1 Å². The van der Waals surface area contributed by atoms with E-state index in [0.29, 0.717) is 12.1 Å². The van der Waals surface area contributed by atoms with Gasteiger partial charge in [0.1, 0.15) is 6.10 Å². The highest BCUT2D eigenvalue weighted by atomic mass is 32.2. The van der Waals surface area contributed by atoms with Crippen LogP contribution in [0.15, 0.2) is 18.2 Å². The lowest BCUT2D eigenvalue weighted by molar-refractivity contribution is 0.0357. The number of nitrogen functional groups attached to an aromatic ring is 2. The summed E-state index contributed by atoms with van der Waals surface area (Å²) < 4.78 is 27.6. The van der Waals surface area contributed by atoms with Crippen LogP contribution < -0.4 is 11.5 Å². The van der Waals surface area contributed by atoms with E-state index in [9.17, 15) is 13.2 Å². The molecule has 18 heavy (non-hydrogen) atoms. The van der Waals surface area contributed by atoms with Crippen LogP contribution in [0.2, 0.25) is 0 Å². The highest BCUT2D eigenvalue weighted by molar-refractivity contribution is 7.91. The Hall–Kier alpha value is -1.76. The van der Waals surface area contributed by atoms with Crippen molar-refractivity contribution in [2.75, 3.05) is 23.0 Å². The predicted octanol–water partition coefficient (Wildman–Crippen LogP) is 0.195. The van der Waals surface area contributed by atoms with Crippen molar-refractivity contribution in [2.24, 2.45) is 0 Å². The lowest BCUT2D eigenvalue weighted by Crippen LogP contribution is -2.20. The second kappa shape index (κ2) is 4.49. The second-order valence-electron chi connectivity index (χ2n) is 4.28. The van der Waals surface area contributed by atoms with Gasteiger partial charge in [-0.3, -0.25) is 0 Å². The van der Waals surface area contributed by atoms with Crippen LogP contribution in [0.3, 0.4) is 0 Å². The van der Waals surface area contributed by atoms with Crippen molar-refractivity contribution in [3.63, 3.8) is 0 Å². The summed E-state index contributed by atoms with van der Waals surface area (Å²) in [6.07, 6.45) is -0.248. The number of nitrogens with two attached hydrogens (primary N) is 2. The van der Waals surface area contributed by atoms with E-state index in [1.807, 2.05) is 0 Å². The SMILES string of the molecule is Nc1ccc(C(=O)OC2CCS(=O)(=O)C2)c(N)c1. The smallest absolute Gasteiger partial charge is 0.340 e. The lowest BCUT2D eigenvalue weighted by atomic mass is 10.1. The first kappa shape index (κ1) is 12.7. The normalized spacial score (nSPS) is 21.7. The highest BCUT2D eigenvalue weighted by Crippen LogP contribution is 2.20. The topological polar surface area (TPSA) is 112 Å². The van der Waals surface area contributed by atoms with Crippen LogP contribution >= 0.6 is 0 Å². The van der Waals surface area contributed by atoms with E-state index in [-0.39, 0.29) is 22.8 Å². The molecule has 2 rings (SSSR count).